The van der Waals surface area contributed by atoms with Crippen molar-refractivity contribution >= 4 is 15.9 Å². The Morgan fingerprint density at radius 2 is 2.45 bits per heavy atom. The fraction of sp³-hybridized carbons (Fsp3) is 0.375. The van der Waals surface area contributed by atoms with Crippen molar-refractivity contribution in [3.8, 4) is 0 Å². The molecule has 0 bridgehead atoms. The number of nitrogens with two attached hydrogens (primary N) is 1. The lowest BCUT2D eigenvalue weighted by Crippen LogP contribution is -2.05. The third kappa shape index (κ3) is 1.19. The summed E-state index contributed by atoms with van der Waals surface area (Å²) in [6.07, 6.45) is 3.90. The molecule has 0 radical (unpaired) electrons. The van der Waals surface area contributed by atoms with Gasteiger partial charge in [0.2, 0.25) is 0 Å². The second-order valence-electron chi connectivity index (χ2n) is 2.83. The van der Waals surface area contributed by atoms with E-state index < -0.39 is 0 Å². The SMILES string of the molecule is N[C@@H]1CCc2ncc(Br)cc21. The number of hydrogen-bond acceptors (Lipinski definition) is 2. The van der Waals surface area contributed by atoms with E-state index >= 15 is 0 Å². The van der Waals surface area contributed by atoms with Crippen LogP contribution in [0.4, 0.5) is 0 Å². The molecule has 2 N–H and O–H groups in total. The van der Waals surface area contributed by atoms with E-state index in [0.29, 0.717) is 0 Å². The lowest BCUT2D eigenvalue weighted by Gasteiger charge is -2.02. The van der Waals surface area contributed by atoms with Gasteiger partial charge in [0.1, 0.15) is 0 Å². The Balaban J connectivity index is 2.52. The van der Waals surface area contributed by atoms with Crippen molar-refractivity contribution in [1.82, 2.24) is 4.98 Å². The van der Waals surface area contributed by atoms with Crippen molar-refractivity contribution in [2.24, 2.45) is 5.73 Å². The molecule has 1 atom stereocenters. The molecule has 2 nitrogen and oxygen atoms in total. The molecule has 1 heterocycles. The molecule has 2 rings (SSSR count). The van der Waals surface area contributed by atoms with Crippen LogP contribution in [0.3, 0.4) is 0 Å². The van der Waals surface area contributed by atoms with Crippen LogP contribution in [0.2, 0.25) is 0 Å². The molecule has 3 heteroatoms. The molecule has 0 spiro atoms. The van der Waals surface area contributed by atoms with Crippen molar-refractivity contribution in [3.05, 3.63) is 28.0 Å². The van der Waals surface area contributed by atoms with Crippen molar-refractivity contribution in [3.63, 3.8) is 0 Å². The molecule has 1 aliphatic rings. The van der Waals surface area contributed by atoms with Gasteiger partial charge in [-0.25, -0.2) is 0 Å². The summed E-state index contributed by atoms with van der Waals surface area (Å²) in [6, 6.07) is 2.27. The first-order valence-electron chi connectivity index (χ1n) is 3.67. The monoisotopic (exact) mass is 212 g/mol. The van der Waals surface area contributed by atoms with E-state index in [9.17, 15) is 0 Å². The first-order valence-corrected chi connectivity index (χ1v) is 4.46. The van der Waals surface area contributed by atoms with Crippen LogP contribution in [0, 0.1) is 0 Å². The smallest absolute Gasteiger partial charge is 0.0452 e. The van der Waals surface area contributed by atoms with E-state index in [1.165, 1.54) is 11.3 Å². The second kappa shape index (κ2) is 2.57. The average molecular weight is 213 g/mol. The summed E-state index contributed by atoms with van der Waals surface area (Å²) in [6.45, 7) is 0. The minimum Gasteiger partial charge on any atom is -0.324 e. The molecular weight excluding hydrogens is 204 g/mol. The Labute approximate surface area is 73.9 Å². The van der Waals surface area contributed by atoms with E-state index in [-0.39, 0.29) is 6.04 Å². The Bertz CT molecular complexity index is 285. The van der Waals surface area contributed by atoms with Gasteiger partial charge in [0, 0.05) is 22.4 Å². The number of aryl methyl sites for hydroxylation is 1. The fourth-order valence-electron chi connectivity index (χ4n) is 1.46. The highest BCUT2D eigenvalue weighted by atomic mass is 79.9. The molecule has 1 aromatic rings. The second-order valence-corrected chi connectivity index (χ2v) is 3.75. The molecule has 1 aliphatic carbocycles. The Kier molecular flexibility index (Phi) is 1.69. The van der Waals surface area contributed by atoms with Gasteiger partial charge in [-0.2, -0.15) is 0 Å². The van der Waals surface area contributed by atoms with Crippen LogP contribution >= 0.6 is 15.9 Å². The van der Waals surface area contributed by atoms with Gasteiger partial charge < -0.3 is 5.73 Å². The summed E-state index contributed by atoms with van der Waals surface area (Å²) in [4.78, 5) is 4.28. The third-order valence-electron chi connectivity index (χ3n) is 2.06. The molecule has 0 fully saturated rings. The summed E-state index contributed by atoms with van der Waals surface area (Å²) in [7, 11) is 0. The zero-order valence-electron chi connectivity index (χ0n) is 6.05. The molecule has 0 aromatic carbocycles. The Morgan fingerprint density at radius 3 is 3.27 bits per heavy atom. The summed E-state index contributed by atoms with van der Waals surface area (Å²) in [5, 5.41) is 0. The van der Waals surface area contributed by atoms with E-state index in [0.717, 1.165) is 17.3 Å². The maximum Gasteiger partial charge on any atom is 0.0452 e. The van der Waals surface area contributed by atoms with E-state index in [4.69, 9.17) is 5.73 Å². The number of rotatable bonds is 0. The predicted octanol–water partition coefficient (Wildman–Crippen LogP) is 1.79. The van der Waals surface area contributed by atoms with Gasteiger partial charge in [-0.1, -0.05) is 0 Å². The van der Waals surface area contributed by atoms with Crippen LogP contribution in [-0.2, 0) is 6.42 Å². The minimum atomic E-state index is 0.204. The largest absolute Gasteiger partial charge is 0.324 e. The molecule has 1 aromatic heterocycles. The molecule has 58 valence electrons. The Hall–Kier alpha value is -0.410. The van der Waals surface area contributed by atoms with Crippen molar-refractivity contribution < 1.29 is 0 Å². The standard InChI is InChI=1S/C8H9BrN2/c9-5-3-6-7(10)1-2-8(6)11-4-5/h3-4,7H,1-2,10H2/t7-/m1/s1. The number of halogens is 1. The fourth-order valence-corrected chi connectivity index (χ4v) is 1.81. The molecule has 0 aliphatic heterocycles. The lowest BCUT2D eigenvalue weighted by molar-refractivity contribution is 0.712. The number of fused-ring (bicyclic) bond motifs is 1. The number of pyridine rings is 1. The quantitative estimate of drug-likeness (QED) is 0.713. The van der Waals surface area contributed by atoms with Crippen molar-refractivity contribution in [2.45, 2.75) is 18.9 Å². The number of aromatic nitrogens is 1. The summed E-state index contributed by atoms with van der Waals surface area (Å²) in [5.74, 6) is 0. The van der Waals surface area contributed by atoms with Crippen LogP contribution in [0.15, 0.2) is 16.7 Å². The van der Waals surface area contributed by atoms with Crippen LogP contribution in [-0.4, -0.2) is 4.98 Å². The molecule has 0 amide bonds. The maximum absolute atomic E-state index is 5.85. The molecule has 0 unspecified atom stereocenters. The van der Waals surface area contributed by atoms with Gasteiger partial charge in [-0.15, -0.1) is 0 Å². The van der Waals surface area contributed by atoms with Crippen LogP contribution in [0.5, 0.6) is 0 Å². The number of hydrogen-bond donors (Lipinski definition) is 1. The van der Waals surface area contributed by atoms with Gasteiger partial charge in [-0.3, -0.25) is 4.98 Å². The zero-order valence-corrected chi connectivity index (χ0v) is 7.63. The lowest BCUT2D eigenvalue weighted by atomic mass is 10.2. The molecule has 0 saturated carbocycles. The summed E-state index contributed by atoms with van der Waals surface area (Å²) >= 11 is 3.37. The topological polar surface area (TPSA) is 38.9 Å². The van der Waals surface area contributed by atoms with Crippen LogP contribution < -0.4 is 5.73 Å². The molecular formula is C8H9BrN2. The van der Waals surface area contributed by atoms with Crippen LogP contribution in [0.25, 0.3) is 0 Å². The first kappa shape index (κ1) is 7.25. The third-order valence-corrected chi connectivity index (χ3v) is 2.50. The van der Waals surface area contributed by atoms with E-state index in [2.05, 4.69) is 27.0 Å². The van der Waals surface area contributed by atoms with E-state index in [1.807, 2.05) is 6.20 Å². The maximum atomic E-state index is 5.85. The zero-order chi connectivity index (χ0) is 7.84. The van der Waals surface area contributed by atoms with E-state index in [1.54, 1.807) is 0 Å². The summed E-state index contributed by atoms with van der Waals surface area (Å²) < 4.78 is 1.02. The molecule has 11 heavy (non-hydrogen) atoms. The van der Waals surface area contributed by atoms with Gasteiger partial charge in [0.05, 0.1) is 0 Å². The predicted molar refractivity (Wildman–Crippen MR) is 47.2 cm³/mol. The first-order chi connectivity index (χ1) is 5.27. The van der Waals surface area contributed by atoms with Gasteiger partial charge in [0.15, 0.2) is 0 Å². The average Bonchev–Trinajstić information content (AvgIpc) is 2.33. The summed E-state index contributed by atoms with van der Waals surface area (Å²) in [5.41, 5.74) is 8.23. The Morgan fingerprint density at radius 1 is 1.64 bits per heavy atom. The van der Waals surface area contributed by atoms with Crippen molar-refractivity contribution in [2.75, 3.05) is 0 Å². The van der Waals surface area contributed by atoms with Gasteiger partial charge in [-0.05, 0) is 40.4 Å². The highest BCUT2D eigenvalue weighted by molar-refractivity contribution is 9.10. The highest BCUT2D eigenvalue weighted by Gasteiger charge is 2.19. The number of nitrogens with zero attached hydrogens (tertiary/aromatic N) is 1. The normalized spacial score (nSPS) is 21.8. The van der Waals surface area contributed by atoms with Gasteiger partial charge >= 0.3 is 0 Å². The van der Waals surface area contributed by atoms with Crippen LogP contribution in [0.1, 0.15) is 23.7 Å². The minimum absolute atomic E-state index is 0.204. The highest BCUT2D eigenvalue weighted by Crippen LogP contribution is 2.29. The van der Waals surface area contributed by atoms with Gasteiger partial charge in [0.25, 0.3) is 0 Å². The van der Waals surface area contributed by atoms with Crippen molar-refractivity contribution in [1.29, 1.82) is 0 Å². The molecule has 0 saturated heterocycles.